The first-order valence-electron chi connectivity index (χ1n) is 12.3. The Balaban J connectivity index is 1.54. The smallest absolute Gasteiger partial charge is 0.264 e. The third kappa shape index (κ3) is 5.03. The van der Waals surface area contributed by atoms with Gasteiger partial charge in [0.15, 0.2) is 0 Å². The molecule has 2 aromatic heterocycles. The van der Waals surface area contributed by atoms with Gasteiger partial charge >= 0.3 is 0 Å². The van der Waals surface area contributed by atoms with Crippen LogP contribution < -0.4 is 0 Å². The van der Waals surface area contributed by atoms with Crippen LogP contribution in [-0.2, 0) is 17.1 Å². The molecule has 1 aliphatic rings. The van der Waals surface area contributed by atoms with Gasteiger partial charge < -0.3 is 0 Å². The van der Waals surface area contributed by atoms with Crippen molar-refractivity contribution in [2.45, 2.75) is 38.8 Å². The summed E-state index contributed by atoms with van der Waals surface area (Å²) >= 11 is 0. The highest BCUT2D eigenvalue weighted by atomic mass is 32.2. The molecule has 0 spiro atoms. The lowest BCUT2D eigenvalue weighted by Crippen LogP contribution is -2.52. The van der Waals surface area contributed by atoms with Crippen molar-refractivity contribution in [2.24, 2.45) is 12.5 Å². The quantitative estimate of drug-likeness (QED) is 0.395. The SMILES string of the molecule is Cc1cc2c(cnn2-c2ccc(F)cc2)cc1[C@H]1CN(S(=O)(=O)c2cnn(C)n2)CCN1CC(C)(C)C. The Hall–Kier alpha value is -3.15. The summed E-state index contributed by atoms with van der Waals surface area (Å²) < 4.78 is 43.6. The molecule has 1 atom stereocenters. The zero-order chi connectivity index (χ0) is 26.5. The minimum absolute atomic E-state index is 0.0363. The van der Waals surface area contributed by atoms with Crippen molar-refractivity contribution >= 4 is 20.9 Å². The third-order valence-electron chi connectivity index (χ3n) is 6.70. The molecule has 0 N–H and O–H groups in total. The highest BCUT2D eigenvalue weighted by Crippen LogP contribution is 2.35. The molecule has 0 amide bonds. The van der Waals surface area contributed by atoms with E-state index in [4.69, 9.17) is 0 Å². The second-order valence-corrected chi connectivity index (χ2v) is 12.8. The number of aryl methyl sites for hydroxylation is 2. The summed E-state index contributed by atoms with van der Waals surface area (Å²) in [5, 5.41) is 13.5. The van der Waals surface area contributed by atoms with Gasteiger partial charge in [-0.3, -0.25) is 4.90 Å². The number of fused-ring (bicyclic) bond motifs is 1. The zero-order valence-corrected chi connectivity index (χ0v) is 22.6. The minimum Gasteiger partial charge on any atom is -0.293 e. The molecule has 11 heteroatoms. The van der Waals surface area contributed by atoms with Crippen molar-refractivity contribution in [2.75, 3.05) is 26.2 Å². The number of rotatable bonds is 5. The van der Waals surface area contributed by atoms with Gasteiger partial charge in [0.1, 0.15) is 5.82 Å². The predicted octanol–water partition coefficient (Wildman–Crippen LogP) is 3.70. The summed E-state index contributed by atoms with van der Waals surface area (Å²) in [6.45, 7) is 10.7. The van der Waals surface area contributed by atoms with Crippen molar-refractivity contribution in [3.05, 3.63) is 65.7 Å². The molecule has 37 heavy (non-hydrogen) atoms. The molecule has 5 rings (SSSR count). The number of hydrogen-bond donors (Lipinski definition) is 0. The van der Waals surface area contributed by atoms with E-state index in [9.17, 15) is 12.8 Å². The van der Waals surface area contributed by atoms with Crippen LogP contribution in [0.25, 0.3) is 16.6 Å². The van der Waals surface area contributed by atoms with Crippen LogP contribution in [0.4, 0.5) is 4.39 Å². The molecule has 0 bridgehead atoms. The van der Waals surface area contributed by atoms with Crippen molar-refractivity contribution in [1.29, 1.82) is 0 Å². The number of hydrogen-bond acceptors (Lipinski definition) is 6. The monoisotopic (exact) mass is 525 g/mol. The maximum absolute atomic E-state index is 13.5. The van der Waals surface area contributed by atoms with Crippen LogP contribution in [0, 0.1) is 18.2 Å². The Morgan fingerprint density at radius 3 is 2.43 bits per heavy atom. The van der Waals surface area contributed by atoms with Gasteiger partial charge in [-0.2, -0.15) is 19.3 Å². The standard InChI is InChI=1S/C26H32FN7O2S/c1-18-12-23-19(14-29-34(23)21-8-6-20(27)7-9-21)13-22(18)24-16-33(11-10-32(24)17-26(2,3)4)37(35,36)25-15-28-31(5)30-25/h6-9,12-15,24H,10-11,16-17H2,1-5H3/t24-/m1/s1. The normalized spacial score (nSPS) is 18.1. The van der Waals surface area contributed by atoms with Crippen LogP contribution in [0.1, 0.15) is 37.9 Å². The molecule has 3 heterocycles. The molecule has 9 nitrogen and oxygen atoms in total. The fourth-order valence-electron chi connectivity index (χ4n) is 5.03. The van der Waals surface area contributed by atoms with Gasteiger partial charge in [0.05, 0.1) is 23.6 Å². The Bertz CT molecular complexity index is 1540. The number of piperazine rings is 1. The average Bonchev–Trinajstić information content (AvgIpc) is 3.45. The summed E-state index contributed by atoms with van der Waals surface area (Å²) in [6.07, 6.45) is 3.10. The number of halogens is 1. The van der Waals surface area contributed by atoms with Crippen molar-refractivity contribution in [3.63, 3.8) is 0 Å². The molecule has 4 aromatic rings. The Labute approximate surface area is 216 Å². The van der Waals surface area contributed by atoms with E-state index in [1.165, 1.54) is 27.4 Å². The second kappa shape index (κ2) is 9.30. The zero-order valence-electron chi connectivity index (χ0n) is 21.8. The summed E-state index contributed by atoms with van der Waals surface area (Å²) in [4.78, 5) is 3.64. The van der Waals surface area contributed by atoms with Gasteiger partial charge in [0.25, 0.3) is 10.0 Å². The van der Waals surface area contributed by atoms with E-state index in [2.05, 4.69) is 53.1 Å². The molecular weight excluding hydrogens is 493 g/mol. The van der Waals surface area contributed by atoms with Gasteiger partial charge in [-0.1, -0.05) is 20.8 Å². The average molecular weight is 526 g/mol. The topological polar surface area (TPSA) is 89.2 Å². The Morgan fingerprint density at radius 1 is 1.05 bits per heavy atom. The number of sulfonamides is 1. The summed E-state index contributed by atoms with van der Waals surface area (Å²) in [5.74, 6) is -0.295. The van der Waals surface area contributed by atoms with E-state index in [1.54, 1.807) is 30.1 Å². The lowest BCUT2D eigenvalue weighted by molar-refractivity contribution is 0.0817. The molecule has 0 saturated carbocycles. The van der Waals surface area contributed by atoms with E-state index in [0.29, 0.717) is 19.6 Å². The van der Waals surface area contributed by atoms with Crippen LogP contribution >= 0.6 is 0 Å². The fourth-order valence-corrected chi connectivity index (χ4v) is 6.35. The summed E-state index contributed by atoms with van der Waals surface area (Å²) in [5.41, 5.74) is 3.83. The van der Waals surface area contributed by atoms with E-state index < -0.39 is 10.0 Å². The van der Waals surface area contributed by atoms with E-state index >= 15 is 0 Å². The van der Waals surface area contributed by atoms with Gasteiger partial charge in [-0.25, -0.2) is 17.5 Å². The van der Waals surface area contributed by atoms with Gasteiger partial charge in [0.2, 0.25) is 5.03 Å². The Morgan fingerprint density at radius 2 is 1.78 bits per heavy atom. The van der Waals surface area contributed by atoms with Crippen molar-refractivity contribution in [3.8, 4) is 5.69 Å². The van der Waals surface area contributed by atoms with Crippen LogP contribution in [0.3, 0.4) is 0 Å². The van der Waals surface area contributed by atoms with E-state index in [1.807, 2.05) is 6.92 Å². The number of nitrogens with zero attached hydrogens (tertiary/aromatic N) is 7. The fraction of sp³-hybridized carbons (Fsp3) is 0.423. The lowest BCUT2D eigenvalue weighted by Gasteiger charge is -2.43. The highest BCUT2D eigenvalue weighted by molar-refractivity contribution is 7.89. The first kappa shape index (κ1) is 25.5. The van der Waals surface area contributed by atoms with Crippen LogP contribution in [0.2, 0.25) is 0 Å². The van der Waals surface area contributed by atoms with Gasteiger partial charge in [-0.15, -0.1) is 5.10 Å². The minimum atomic E-state index is -3.77. The first-order chi connectivity index (χ1) is 17.4. The molecule has 1 aliphatic heterocycles. The van der Waals surface area contributed by atoms with Crippen LogP contribution in [0.15, 0.2) is 53.8 Å². The first-order valence-corrected chi connectivity index (χ1v) is 13.7. The molecule has 0 radical (unpaired) electrons. The van der Waals surface area contributed by atoms with Crippen LogP contribution in [0.5, 0.6) is 0 Å². The second-order valence-electron chi connectivity index (χ2n) is 10.9. The van der Waals surface area contributed by atoms with E-state index in [-0.39, 0.29) is 22.3 Å². The highest BCUT2D eigenvalue weighted by Gasteiger charge is 2.38. The Kier molecular flexibility index (Phi) is 6.41. The van der Waals surface area contributed by atoms with Gasteiger partial charge in [-0.05, 0) is 59.9 Å². The molecule has 0 unspecified atom stereocenters. The lowest BCUT2D eigenvalue weighted by atomic mass is 9.91. The van der Waals surface area contributed by atoms with Crippen LogP contribution in [-0.4, -0.2) is 68.6 Å². The predicted molar refractivity (Wildman–Crippen MR) is 139 cm³/mol. The van der Waals surface area contributed by atoms with Crippen molar-refractivity contribution < 1.29 is 12.8 Å². The van der Waals surface area contributed by atoms with Crippen molar-refractivity contribution in [1.82, 2.24) is 34.0 Å². The number of aromatic nitrogens is 5. The molecule has 2 aromatic carbocycles. The maximum atomic E-state index is 13.5. The molecule has 0 aliphatic carbocycles. The molecule has 1 saturated heterocycles. The largest absolute Gasteiger partial charge is 0.293 e. The maximum Gasteiger partial charge on any atom is 0.264 e. The molecule has 196 valence electrons. The summed E-state index contributed by atoms with van der Waals surface area (Å²) in [7, 11) is -2.17. The van der Waals surface area contributed by atoms with E-state index in [0.717, 1.165) is 34.3 Å². The number of benzene rings is 2. The third-order valence-corrected chi connectivity index (χ3v) is 8.43. The summed E-state index contributed by atoms with van der Waals surface area (Å²) in [6, 6.07) is 10.3. The van der Waals surface area contributed by atoms with Gasteiger partial charge in [0, 0.05) is 44.7 Å². The molecule has 1 fully saturated rings. The molecular formula is C26H32FN7O2S.